The number of nitrogens with one attached hydrogen (secondary N) is 1. The first-order valence-electron chi connectivity index (χ1n) is 7.34. The monoisotopic (exact) mass is 294 g/mol. The Bertz CT molecular complexity index is 451. The van der Waals surface area contributed by atoms with E-state index in [4.69, 9.17) is 5.73 Å². The first-order chi connectivity index (χ1) is 9.24. The number of carbonyl (C=O) groups excluding carboxylic acids is 1. The van der Waals surface area contributed by atoms with Gasteiger partial charge in [-0.3, -0.25) is 4.79 Å². The summed E-state index contributed by atoms with van der Waals surface area (Å²) in [6, 6.07) is 11.0. The van der Waals surface area contributed by atoms with Gasteiger partial charge in [-0.2, -0.15) is 0 Å². The van der Waals surface area contributed by atoms with Crippen molar-refractivity contribution >= 4 is 18.3 Å². The average molecular weight is 295 g/mol. The van der Waals surface area contributed by atoms with E-state index in [-0.39, 0.29) is 24.4 Å². The molecule has 0 aliphatic heterocycles. The van der Waals surface area contributed by atoms with Crippen LogP contribution in [0.1, 0.15) is 43.6 Å². The van der Waals surface area contributed by atoms with Gasteiger partial charge in [0.25, 0.3) is 0 Å². The zero-order chi connectivity index (χ0) is 13.2. The number of halogens is 1. The summed E-state index contributed by atoms with van der Waals surface area (Å²) < 4.78 is 0. The molecule has 4 atom stereocenters. The topological polar surface area (TPSA) is 55.1 Å². The molecule has 2 aliphatic rings. The molecule has 2 fully saturated rings. The number of hydrogen-bond acceptors (Lipinski definition) is 2. The van der Waals surface area contributed by atoms with Crippen molar-refractivity contribution < 1.29 is 4.79 Å². The number of benzene rings is 1. The maximum absolute atomic E-state index is 12.0. The smallest absolute Gasteiger partial charge is 0.220 e. The van der Waals surface area contributed by atoms with E-state index in [9.17, 15) is 4.79 Å². The molecular formula is C16H23ClN2O. The van der Waals surface area contributed by atoms with Crippen LogP contribution in [0.5, 0.6) is 0 Å². The molecule has 3 rings (SSSR count). The number of amides is 1. The van der Waals surface area contributed by atoms with Crippen LogP contribution in [-0.4, -0.2) is 18.0 Å². The fourth-order valence-electron chi connectivity index (χ4n) is 3.25. The molecule has 0 bridgehead atoms. The van der Waals surface area contributed by atoms with Gasteiger partial charge in [0.15, 0.2) is 0 Å². The third-order valence-electron chi connectivity index (χ3n) is 4.53. The van der Waals surface area contributed by atoms with Gasteiger partial charge < -0.3 is 11.1 Å². The van der Waals surface area contributed by atoms with Crippen LogP contribution in [0.3, 0.4) is 0 Å². The van der Waals surface area contributed by atoms with Crippen molar-refractivity contribution in [3.05, 3.63) is 35.9 Å². The quantitative estimate of drug-likeness (QED) is 0.897. The highest BCUT2D eigenvalue weighted by Gasteiger charge is 2.39. The number of rotatable bonds is 4. The van der Waals surface area contributed by atoms with Gasteiger partial charge in [-0.25, -0.2) is 0 Å². The second-order valence-electron chi connectivity index (χ2n) is 5.99. The Labute approximate surface area is 126 Å². The number of hydrogen-bond donors (Lipinski definition) is 2. The summed E-state index contributed by atoms with van der Waals surface area (Å²) in [5.41, 5.74) is 7.35. The minimum atomic E-state index is 0. The molecule has 1 amide bonds. The standard InChI is InChI=1S/C16H22N2O.ClH/c17-14-8-4-7-12(14)9-16(19)18-15-10-13(15)11-5-2-1-3-6-11;/h1-3,5-6,12-15H,4,7-10,17H2,(H,18,19);1H/t12-,13?,14+,15?;/m0./s1. The van der Waals surface area contributed by atoms with Crippen LogP contribution in [-0.2, 0) is 4.79 Å². The molecule has 1 aromatic rings. The van der Waals surface area contributed by atoms with Crippen molar-refractivity contribution in [2.75, 3.05) is 0 Å². The normalized spacial score (nSPS) is 31.4. The minimum Gasteiger partial charge on any atom is -0.353 e. The van der Waals surface area contributed by atoms with Gasteiger partial charge in [0.05, 0.1) is 0 Å². The first-order valence-corrected chi connectivity index (χ1v) is 7.34. The van der Waals surface area contributed by atoms with Crippen LogP contribution in [0.25, 0.3) is 0 Å². The predicted molar refractivity (Wildman–Crippen MR) is 82.9 cm³/mol. The van der Waals surface area contributed by atoms with E-state index in [0.717, 1.165) is 19.3 Å². The van der Waals surface area contributed by atoms with Gasteiger partial charge >= 0.3 is 0 Å². The van der Waals surface area contributed by atoms with Gasteiger partial charge in [0.2, 0.25) is 5.91 Å². The fraction of sp³-hybridized carbons (Fsp3) is 0.562. The maximum atomic E-state index is 12.0. The summed E-state index contributed by atoms with van der Waals surface area (Å²) >= 11 is 0. The van der Waals surface area contributed by atoms with Crippen molar-refractivity contribution in [3.63, 3.8) is 0 Å². The molecule has 2 unspecified atom stereocenters. The summed E-state index contributed by atoms with van der Waals surface area (Å²) in [5, 5.41) is 3.16. The summed E-state index contributed by atoms with van der Waals surface area (Å²) in [5.74, 6) is 1.10. The van der Waals surface area contributed by atoms with Gasteiger partial charge in [0.1, 0.15) is 0 Å². The molecule has 3 nitrogen and oxygen atoms in total. The molecule has 3 N–H and O–H groups in total. The van der Waals surface area contributed by atoms with E-state index in [1.165, 1.54) is 12.0 Å². The Morgan fingerprint density at radius 1 is 1.25 bits per heavy atom. The average Bonchev–Trinajstić information content (AvgIpc) is 3.06. The largest absolute Gasteiger partial charge is 0.353 e. The Morgan fingerprint density at radius 2 is 2.00 bits per heavy atom. The highest BCUT2D eigenvalue weighted by molar-refractivity contribution is 5.85. The molecule has 20 heavy (non-hydrogen) atoms. The Morgan fingerprint density at radius 3 is 2.65 bits per heavy atom. The Hall–Kier alpha value is -1.06. The van der Waals surface area contributed by atoms with Gasteiger partial charge in [-0.15, -0.1) is 12.4 Å². The van der Waals surface area contributed by atoms with E-state index in [1.807, 2.05) is 6.07 Å². The number of nitrogens with two attached hydrogens (primary N) is 1. The molecule has 0 aromatic heterocycles. The minimum absolute atomic E-state index is 0. The lowest BCUT2D eigenvalue weighted by Crippen LogP contribution is -2.33. The second kappa shape index (κ2) is 6.59. The molecule has 0 spiro atoms. The molecule has 1 aromatic carbocycles. The van der Waals surface area contributed by atoms with Crippen LogP contribution < -0.4 is 11.1 Å². The van der Waals surface area contributed by atoms with Crippen LogP contribution in [0.4, 0.5) is 0 Å². The molecule has 2 aliphatic carbocycles. The molecule has 0 heterocycles. The van der Waals surface area contributed by atoms with E-state index < -0.39 is 0 Å². The van der Waals surface area contributed by atoms with Crippen LogP contribution in [0, 0.1) is 5.92 Å². The third kappa shape index (κ3) is 3.53. The zero-order valence-corrected chi connectivity index (χ0v) is 12.4. The molecular weight excluding hydrogens is 272 g/mol. The summed E-state index contributed by atoms with van der Waals surface area (Å²) in [7, 11) is 0. The van der Waals surface area contributed by atoms with E-state index in [0.29, 0.717) is 24.3 Å². The third-order valence-corrected chi connectivity index (χ3v) is 4.53. The lowest BCUT2D eigenvalue weighted by molar-refractivity contribution is -0.122. The molecule has 110 valence electrons. The zero-order valence-electron chi connectivity index (χ0n) is 11.6. The highest BCUT2D eigenvalue weighted by Crippen LogP contribution is 2.40. The van der Waals surface area contributed by atoms with E-state index >= 15 is 0 Å². The summed E-state index contributed by atoms with van der Waals surface area (Å²) in [6.45, 7) is 0. The molecule has 4 heteroatoms. The predicted octanol–water partition coefficient (Wildman–Crippen LogP) is 2.60. The van der Waals surface area contributed by atoms with Crippen molar-refractivity contribution in [1.29, 1.82) is 0 Å². The second-order valence-corrected chi connectivity index (χ2v) is 5.99. The Kier molecular flexibility index (Phi) is 5.06. The van der Waals surface area contributed by atoms with E-state index in [1.54, 1.807) is 0 Å². The van der Waals surface area contributed by atoms with Crippen molar-refractivity contribution in [2.24, 2.45) is 11.7 Å². The summed E-state index contributed by atoms with van der Waals surface area (Å²) in [6.07, 6.45) is 5.05. The van der Waals surface area contributed by atoms with E-state index in [2.05, 4.69) is 29.6 Å². The molecule has 2 saturated carbocycles. The molecule has 0 radical (unpaired) electrons. The summed E-state index contributed by atoms with van der Waals surface area (Å²) in [4.78, 5) is 12.0. The van der Waals surface area contributed by atoms with Crippen LogP contribution >= 0.6 is 12.4 Å². The molecule has 0 saturated heterocycles. The highest BCUT2D eigenvalue weighted by atomic mass is 35.5. The lowest BCUT2D eigenvalue weighted by Gasteiger charge is -2.14. The first kappa shape index (κ1) is 15.3. The van der Waals surface area contributed by atoms with Crippen molar-refractivity contribution in [3.8, 4) is 0 Å². The lowest BCUT2D eigenvalue weighted by atomic mass is 10.00. The van der Waals surface area contributed by atoms with Crippen LogP contribution in [0.15, 0.2) is 30.3 Å². The van der Waals surface area contributed by atoms with Crippen molar-refractivity contribution in [2.45, 2.75) is 50.1 Å². The Balaban J connectivity index is 0.00000147. The fourth-order valence-corrected chi connectivity index (χ4v) is 3.25. The van der Waals surface area contributed by atoms with Crippen LogP contribution in [0.2, 0.25) is 0 Å². The van der Waals surface area contributed by atoms with Gasteiger partial charge in [-0.1, -0.05) is 36.8 Å². The SMILES string of the molecule is Cl.N[C@@H]1CCC[C@H]1CC(=O)NC1CC1c1ccccc1. The van der Waals surface area contributed by atoms with Crippen molar-refractivity contribution in [1.82, 2.24) is 5.32 Å². The maximum Gasteiger partial charge on any atom is 0.220 e. The van der Waals surface area contributed by atoms with Gasteiger partial charge in [-0.05, 0) is 30.7 Å². The number of carbonyl (C=O) groups is 1. The van der Waals surface area contributed by atoms with Gasteiger partial charge in [0, 0.05) is 24.4 Å².